The molecule has 8 heteroatoms. The highest BCUT2D eigenvalue weighted by molar-refractivity contribution is 6.18. The molecule has 2 aliphatic rings. The van der Waals surface area contributed by atoms with Crippen molar-refractivity contribution in [1.82, 2.24) is 19.9 Å². The zero-order chi connectivity index (χ0) is 77.1. The number of benzene rings is 17. The van der Waals surface area contributed by atoms with Crippen LogP contribution < -0.4 is 9.80 Å². The Morgan fingerprint density at radius 3 is 1.23 bits per heavy atom. The molecule has 0 fully saturated rings. The molecule has 17 aromatic carbocycles. The molecule has 23 rings (SSSR count). The average Bonchev–Trinajstić information content (AvgIpc) is 1.56. The molecule has 0 amide bonds. The molecule has 0 unspecified atom stereocenters. The maximum absolute atomic E-state index is 7.35. The van der Waals surface area contributed by atoms with Gasteiger partial charge in [-0.2, -0.15) is 0 Å². The molecule has 116 heavy (non-hydrogen) atoms. The van der Waals surface area contributed by atoms with E-state index in [9.17, 15) is 0 Å². The second-order valence-electron chi connectivity index (χ2n) is 32.0. The Morgan fingerprint density at radius 1 is 0.233 bits per heavy atom. The van der Waals surface area contributed by atoms with Crippen molar-refractivity contribution in [3.8, 4) is 89.3 Å². The van der Waals surface area contributed by atoms with Crippen LogP contribution in [0.15, 0.2) is 373 Å². The molecule has 21 aromatic rings. The summed E-state index contributed by atoms with van der Waals surface area (Å²) in [5.41, 5.74) is 30.2. The number of para-hydroxylation sites is 3. The number of furan rings is 2. The predicted molar refractivity (Wildman–Crippen MR) is 479 cm³/mol. The van der Waals surface area contributed by atoms with E-state index in [1.165, 1.54) is 50.1 Å². The molecule has 546 valence electrons. The van der Waals surface area contributed by atoms with Crippen LogP contribution in [-0.2, 0) is 10.8 Å². The zero-order valence-electron chi connectivity index (χ0n) is 64.1. The van der Waals surface area contributed by atoms with Gasteiger partial charge in [-0.05, 0) is 226 Å². The minimum absolute atomic E-state index is 0.242. The van der Waals surface area contributed by atoms with E-state index < -0.39 is 5.41 Å². The molecular formula is C108H72N6O2. The third-order valence-electron chi connectivity index (χ3n) is 24.6. The van der Waals surface area contributed by atoms with Crippen LogP contribution in [0.25, 0.3) is 177 Å². The van der Waals surface area contributed by atoms with Gasteiger partial charge in [-0.15, -0.1) is 0 Å². The normalized spacial score (nSPS) is 13.1. The highest BCUT2D eigenvalue weighted by atomic mass is 16.3. The maximum atomic E-state index is 7.35. The summed E-state index contributed by atoms with van der Waals surface area (Å²) in [6.07, 6.45) is 0. The molecule has 0 spiro atoms. The van der Waals surface area contributed by atoms with Gasteiger partial charge in [0.25, 0.3) is 0 Å². The Kier molecular flexibility index (Phi) is 14.9. The fraction of sp³-hybridized carbons (Fsp3) is 0.0556. The Balaban J connectivity index is 0.655. The van der Waals surface area contributed by atoms with Gasteiger partial charge in [0.1, 0.15) is 22.3 Å². The Hall–Kier alpha value is -14.9. The maximum Gasteiger partial charge on any atom is 0.235 e. The first-order valence-corrected chi connectivity index (χ1v) is 39.8. The lowest BCUT2D eigenvalue weighted by Crippen LogP contribution is -2.17. The standard InChI is InChI=1S/C108H72N6O2/c1-107(2)92-40-22-19-36-81(92)82-52-50-78(63-94(82)107)114(77-48-46-68(47-49-77)65-26-9-5-10-27-65)106-110-97-43-24-21-38-85(97)102(112-106)91-60-75(67-30-13-7-14-31-67)58-89-87-56-73-54-72(45-44-71(73)62-99(87)116-104(89)91)80-39-25-41-93-100(80)83-53-51-79(64-95(83)108(93,3)4)113(76-34-15-8-16-35-76)105-109-96-42-23-20-37-84(96)101(111-105)90-59-74(66-28-11-6-12-29-66)57-88-86-55-69-32-17-18-33-70(69)61-98(86)115-103(88)90/h5-64H,1-4H3. The van der Waals surface area contributed by atoms with E-state index in [-0.39, 0.29) is 5.41 Å². The van der Waals surface area contributed by atoms with Gasteiger partial charge < -0.3 is 8.83 Å². The number of hydrogen-bond donors (Lipinski definition) is 0. The van der Waals surface area contributed by atoms with Crippen LogP contribution in [0, 0.1) is 0 Å². The van der Waals surface area contributed by atoms with Crippen molar-refractivity contribution in [2.24, 2.45) is 0 Å². The van der Waals surface area contributed by atoms with Crippen LogP contribution in [0.5, 0.6) is 0 Å². The predicted octanol–water partition coefficient (Wildman–Crippen LogP) is 29.2. The summed E-state index contributed by atoms with van der Waals surface area (Å²) >= 11 is 0. The van der Waals surface area contributed by atoms with Crippen molar-refractivity contribution in [3.63, 3.8) is 0 Å². The summed E-state index contributed by atoms with van der Waals surface area (Å²) in [5, 5.41) is 10.4. The molecule has 8 nitrogen and oxygen atoms in total. The summed E-state index contributed by atoms with van der Waals surface area (Å²) in [5.74, 6) is 1.09. The van der Waals surface area contributed by atoms with Gasteiger partial charge in [-0.25, -0.2) is 19.9 Å². The molecule has 0 radical (unpaired) electrons. The third kappa shape index (κ3) is 10.6. The van der Waals surface area contributed by atoms with E-state index in [2.05, 4.69) is 401 Å². The topological polar surface area (TPSA) is 84.3 Å². The van der Waals surface area contributed by atoms with Gasteiger partial charge in [0.15, 0.2) is 0 Å². The Bertz CT molecular complexity index is 7640. The van der Waals surface area contributed by atoms with Crippen LogP contribution in [-0.4, -0.2) is 19.9 Å². The van der Waals surface area contributed by atoms with Crippen molar-refractivity contribution >= 4 is 122 Å². The van der Waals surface area contributed by atoms with Crippen molar-refractivity contribution < 1.29 is 8.83 Å². The van der Waals surface area contributed by atoms with E-state index in [0.29, 0.717) is 11.9 Å². The largest absolute Gasteiger partial charge is 0.455 e. The van der Waals surface area contributed by atoms with Crippen molar-refractivity contribution in [1.29, 1.82) is 0 Å². The lowest BCUT2D eigenvalue weighted by atomic mass is 9.81. The molecule has 4 heterocycles. The highest BCUT2D eigenvalue weighted by Gasteiger charge is 2.40. The number of aromatic nitrogens is 4. The summed E-state index contributed by atoms with van der Waals surface area (Å²) in [4.78, 5) is 27.1. The first-order chi connectivity index (χ1) is 57.0. The molecule has 0 N–H and O–H groups in total. The first kappa shape index (κ1) is 66.9. The number of rotatable bonds is 12. The van der Waals surface area contributed by atoms with Gasteiger partial charge in [-0.1, -0.05) is 276 Å². The van der Waals surface area contributed by atoms with Gasteiger partial charge in [-0.3, -0.25) is 9.80 Å². The molecule has 0 saturated carbocycles. The van der Waals surface area contributed by atoms with Crippen LogP contribution in [0.1, 0.15) is 49.9 Å². The smallest absolute Gasteiger partial charge is 0.235 e. The van der Waals surface area contributed by atoms with Crippen LogP contribution >= 0.6 is 0 Å². The molecule has 0 atom stereocenters. The Morgan fingerprint density at radius 2 is 0.647 bits per heavy atom. The van der Waals surface area contributed by atoms with Crippen LogP contribution in [0.4, 0.5) is 34.6 Å². The number of anilines is 6. The second kappa shape index (κ2) is 25.8. The van der Waals surface area contributed by atoms with Crippen molar-refractivity contribution in [2.45, 2.75) is 38.5 Å². The first-order valence-electron chi connectivity index (χ1n) is 39.8. The summed E-state index contributed by atoms with van der Waals surface area (Å²) in [6, 6.07) is 131. The van der Waals surface area contributed by atoms with E-state index in [0.717, 1.165) is 171 Å². The van der Waals surface area contributed by atoms with Crippen LogP contribution in [0.3, 0.4) is 0 Å². The lowest BCUT2D eigenvalue weighted by molar-refractivity contribution is 0.660. The molecule has 0 bridgehead atoms. The monoisotopic (exact) mass is 1480 g/mol. The summed E-state index contributed by atoms with van der Waals surface area (Å²) in [7, 11) is 0. The molecule has 0 saturated heterocycles. The van der Waals surface area contributed by atoms with E-state index in [1.54, 1.807) is 0 Å². The Labute approximate surface area is 670 Å². The minimum Gasteiger partial charge on any atom is -0.455 e. The SMILES string of the molecule is CC1(C)c2ccccc2-c2ccc(N(c3ccc(-c4ccccc4)cc3)c3nc(-c4cc(-c5ccccc5)cc5c4oc4cc6ccc(-c7cccc8c7-c7ccc(N(c9ccccc9)c9nc(-c%10cc(-c%11ccccc%11)cc%11c%10oc%10cc%12ccccc%12cc%10%11)c%10ccccc%10n9)cc7C8(C)C)cc6cc45)c4ccccc4n3)cc21. The van der Waals surface area contributed by atoms with E-state index in [1.807, 2.05) is 0 Å². The van der Waals surface area contributed by atoms with Crippen molar-refractivity contribution in [2.75, 3.05) is 9.80 Å². The summed E-state index contributed by atoms with van der Waals surface area (Å²) in [6.45, 7) is 9.40. The average molecular weight is 1490 g/mol. The van der Waals surface area contributed by atoms with Crippen LogP contribution in [0.2, 0.25) is 0 Å². The lowest BCUT2D eigenvalue weighted by Gasteiger charge is -2.27. The number of fused-ring (bicyclic) bond motifs is 16. The zero-order valence-corrected chi connectivity index (χ0v) is 64.1. The molecule has 0 aliphatic heterocycles. The van der Waals surface area contributed by atoms with Gasteiger partial charge >= 0.3 is 0 Å². The van der Waals surface area contributed by atoms with Gasteiger partial charge in [0, 0.05) is 77.0 Å². The minimum atomic E-state index is -0.398. The summed E-state index contributed by atoms with van der Waals surface area (Å²) < 4.78 is 14.4. The van der Waals surface area contributed by atoms with Gasteiger partial charge in [0.05, 0.1) is 22.4 Å². The molecular weight excluding hydrogens is 1410 g/mol. The second-order valence-corrected chi connectivity index (χ2v) is 32.0. The highest BCUT2D eigenvalue weighted by Crippen LogP contribution is 2.56. The van der Waals surface area contributed by atoms with Gasteiger partial charge in [0.2, 0.25) is 11.9 Å². The molecule has 2 aliphatic carbocycles. The van der Waals surface area contributed by atoms with E-state index >= 15 is 0 Å². The number of hydrogen-bond acceptors (Lipinski definition) is 8. The quantitative estimate of drug-likeness (QED) is 0.120. The molecule has 4 aromatic heterocycles. The number of nitrogens with zero attached hydrogens (tertiary/aromatic N) is 6. The fourth-order valence-electron chi connectivity index (χ4n) is 18.8. The third-order valence-corrected chi connectivity index (χ3v) is 24.6. The van der Waals surface area contributed by atoms with E-state index in [4.69, 9.17) is 28.8 Å². The van der Waals surface area contributed by atoms with Crippen molar-refractivity contribution in [3.05, 3.63) is 386 Å². The fourth-order valence-corrected chi connectivity index (χ4v) is 18.8.